The molecule has 0 N–H and O–H groups in total. The quantitative estimate of drug-likeness (QED) is 0.515. The van der Waals surface area contributed by atoms with Gasteiger partial charge in [0.15, 0.2) is 0 Å². The van der Waals surface area contributed by atoms with E-state index in [1.165, 1.54) is 4.68 Å². The molecule has 3 heterocycles. The Morgan fingerprint density at radius 3 is 2.41 bits per heavy atom. The fraction of sp³-hybridized carbons (Fsp3) is 0.182. The molecule has 0 saturated heterocycles. The third kappa shape index (κ3) is 3.12. The molecule has 0 atom stereocenters. The van der Waals surface area contributed by atoms with E-state index in [-0.39, 0.29) is 5.91 Å². The first-order valence-corrected chi connectivity index (χ1v) is 8.85. The predicted octanol–water partition coefficient (Wildman–Crippen LogP) is 4.85. The van der Waals surface area contributed by atoms with E-state index >= 15 is 0 Å². The first kappa shape index (κ1) is 17.1. The third-order valence-corrected chi connectivity index (χ3v) is 4.41. The van der Waals surface area contributed by atoms with Crippen molar-refractivity contribution in [3.05, 3.63) is 67.1 Å². The number of hydrogen-bond donors (Lipinski definition) is 0. The molecule has 0 saturated carbocycles. The fourth-order valence-electron chi connectivity index (χ4n) is 3.04. The van der Waals surface area contributed by atoms with Gasteiger partial charge in [0.25, 0.3) is 5.91 Å². The summed E-state index contributed by atoms with van der Waals surface area (Å²) in [5, 5.41) is 5.63. The highest BCUT2D eigenvalue weighted by molar-refractivity contribution is 5.98. The summed E-state index contributed by atoms with van der Waals surface area (Å²) in [5.41, 5.74) is 3.62. The smallest absolute Gasteiger partial charge is 0.252 e. The van der Waals surface area contributed by atoms with Crippen molar-refractivity contribution in [1.82, 2.24) is 19.7 Å². The first-order valence-electron chi connectivity index (χ1n) is 8.85. The van der Waals surface area contributed by atoms with Crippen molar-refractivity contribution >= 4 is 16.8 Å². The van der Waals surface area contributed by atoms with Gasteiger partial charge < -0.3 is 0 Å². The molecule has 4 aromatic rings. The molecule has 5 nitrogen and oxygen atoms in total. The van der Waals surface area contributed by atoms with E-state index in [9.17, 15) is 4.79 Å². The highest BCUT2D eigenvalue weighted by atomic mass is 16.2. The number of para-hydroxylation sites is 1. The molecule has 0 aliphatic rings. The maximum absolute atomic E-state index is 12.8. The van der Waals surface area contributed by atoms with Gasteiger partial charge in [0.05, 0.1) is 11.2 Å². The number of fused-ring (bicyclic) bond motifs is 1. The van der Waals surface area contributed by atoms with Crippen molar-refractivity contribution in [1.29, 1.82) is 0 Å². The van der Waals surface area contributed by atoms with Gasteiger partial charge in [0.1, 0.15) is 5.69 Å². The lowest BCUT2D eigenvalue weighted by Gasteiger charge is -2.15. The van der Waals surface area contributed by atoms with Crippen LogP contribution in [0.5, 0.6) is 0 Å². The van der Waals surface area contributed by atoms with E-state index in [0.29, 0.717) is 5.69 Å². The van der Waals surface area contributed by atoms with Gasteiger partial charge in [0.2, 0.25) is 0 Å². The van der Waals surface area contributed by atoms with E-state index in [1.807, 2.05) is 69.3 Å². The Morgan fingerprint density at radius 2 is 1.67 bits per heavy atom. The predicted molar refractivity (Wildman–Crippen MR) is 106 cm³/mol. The second kappa shape index (κ2) is 6.43. The summed E-state index contributed by atoms with van der Waals surface area (Å²) in [6.45, 7) is 5.66. The van der Waals surface area contributed by atoms with Crippen LogP contribution in [-0.2, 0) is 0 Å². The zero-order valence-electron chi connectivity index (χ0n) is 15.5. The molecule has 0 aliphatic heterocycles. The molecule has 0 fully saturated rings. The van der Waals surface area contributed by atoms with E-state index in [4.69, 9.17) is 0 Å². The maximum Gasteiger partial charge on any atom is 0.252 e. The Kier molecular flexibility index (Phi) is 4.07. The Balaban J connectivity index is 1.99. The molecule has 134 valence electrons. The van der Waals surface area contributed by atoms with Crippen molar-refractivity contribution in [2.75, 3.05) is 0 Å². The van der Waals surface area contributed by atoms with Crippen LogP contribution >= 0.6 is 0 Å². The molecule has 0 bridgehead atoms. The van der Waals surface area contributed by atoms with Crippen LogP contribution in [-0.4, -0.2) is 25.7 Å². The van der Waals surface area contributed by atoms with Crippen LogP contribution in [0.1, 0.15) is 25.6 Å². The normalized spacial score (nSPS) is 11.7. The number of rotatable bonds is 2. The van der Waals surface area contributed by atoms with Crippen molar-refractivity contribution in [3.63, 3.8) is 0 Å². The minimum atomic E-state index is -0.537. The molecule has 0 amide bonds. The zero-order chi connectivity index (χ0) is 19.0. The SMILES string of the molecule is CC(C)(C)C(=O)n1cc(-c2ccnc3ccccc23)c(-c2ccccn2)n1. The summed E-state index contributed by atoms with van der Waals surface area (Å²) in [4.78, 5) is 21.7. The van der Waals surface area contributed by atoms with Gasteiger partial charge in [0, 0.05) is 35.0 Å². The van der Waals surface area contributed by atoms with Crippen LogP contribution in [0, 0.1) is 5.41 Å². The molecular weight excluding hydrogens is 336 g/mol. The topological polar surface area (TPSA) is 60.7 Å². The highest BCUT2D eigenvalue weighted by Gasteiger charge is 2.26. The van der Waals surface area contributed by atoms with E-state index < -0.39 is 5.41 Å². The number of carbonyl (C=O) groups is 1. The lowest BCUT2D eigenvalue weighted by atomic mass is 9.96. The lowest BCUT2D eigenvalue weighted by molar-refractivity contribution is 0.0749. The largest absolute Gasteiger partial charge is 0.272 e. The van der Waals surface area contributed by atoms with Gasteiger partial charge in [-0.2, -0.15) is 5.10 Å². The van der Waals surface area contributed by atoms with Crippen LogP contribution in [0.2, 0.25) is 0 Å². The summed E-state index contributed by atoms with van der Waals surface area (Å²) in [5.74, 6) is -0.0655. The zero-order valence-corrected chi connectivity index (χ0v) is 15.5. The van der Waals surface area contributed by atoms with E-state index in [1.54, 1.807) is 18.6 Å². The summed E-state index contributed by atoms with van der Waals surface area (Å²) >= 11 is 0. The molecule has 0 radical (unpaired) electrons. The average molecular weight is 356 g/mol. The van der Waals surface area contributed by atoms with Crippen molar-refractivity contribution in [2.24, 2.45) is 5.41 Å². The van der Waals surface area contributed by atoms with Crippen molar-refractivity contribution in [3.8, 4) is 22.5 Å². The lowest BCUT2D eigenvalue weighted by Crippen LogP contribution is -2.27. The van der Waals surface area contributed by atoms with Crippen LogP contribution in [0.15, 0.2) is 67.1 Å². The molecular formula is C22H20N4O. The van der Waals surface area contributed by atoms with Gasteiger partial charge >= 0.3 is 0 Å². The Morgan fingerprint density at radius 1 is 0.889 bits per heavy atom. The molecule has 0 spiro atoms. The minimum absolute atomic E-state index is 0.0655. The molecule has 3 aromatic heterocycles. The number of benzene rings is 1. The molecule has 27 heavy (non-hydrogen) atoms. The standard InChI is InChI=1S/C22H20N4O/c1-22(2,3)21(27)26-14-17(20(25-26)19-10-6-7-12-23-19)15-11-13-24-18-9-5-4-8-16(15)18/h4-14H,1-3H3. The van der Waals surface area contributed by atoms with Crippen LogP contribution < -0.4 is 0 Å². The van der Waals surface area contributed by atoms with E-state index in [0.717, 1.165) is 27.7 Å². The number of pyridine rings is 2. The third-order valence-electron chi connectivity index (χ3n) is 4.41. The first-order chi connectivity index (χ1) is 12.9. The Labute approximate surface area is 157 Å². The molecule has 1 aromatic carbocycles. The maximum atomic E-state index is 12.8. The van der Waals surface area contributed by atoms with Crippen LogP contribution in [0.3, 0.4) is 0 Å². The van der Waals surface area contributed by atoms with Gasteiger partial charge in [-0.1, -0.05) is 45.0 Å². The number of aromatic nitrogens is 4. The summed E-state index contributed by atoms with van der Waals surface area (Å²) in [6.07, 6.45) is 5.32. The number of carbonyl (C=O) groups excluding carboxylic acids is 1. The summed E-state index contributed by atoms with van der Waals surface area (Å²) < 4.78 is 1.44. The minimum Gasteiger partial charge on any atom is -0.272 e. The summed E-state index contributed by atoms with van der Waals surface area (Å²) in [6, 6.07) is 15.6. The number of nitrogens with zero attached hydrogens (tertiary/aromatic N) is 4. The molecule has 0 unspecified atom stereocenters. The molecule has 5 heteroatoms. The Bertz CT molecular complexity index is 1120. The second-order valence-corrected chi connectivity index (χ2v) is 7.48. The van der Waals surface area contributed by atoms with Gasteiger partial charge in [-0.25, -0.2) is 4.68 Å². The van der Waals surface area contributed by atoms with Crippen molar-refractivity contribution in [2.45, 2.75) is 20.8 Å². The monoisotopic (exact) mass is 356 g/mol. The fourth-order valence-corrected chi connectivity index (χ4v) is 3.04. The van der Waals surface area contributed by atoms with Gasteiger partial charge in [-0.15, -0.1) is 0 Å². The Hall–Kier alpha value is -3.34. The van der Waals surface area contributed by atoms with E-state index in [2.05, 4.69) is 15.1 Å². The molecule has 0 aliphatic carbocycles. The highest BCUT2D eigenvalue weighted by Crippen LogP contribution is 2.34. The van der Waals surface area contributed by atoms with Crippen LogP contribution in [0.4, 0.5) is 0 Å². The van der Waals surface area contributed by atoms with Gasteiger partial charge in [-0.3, -0.25) is 14.8 Å². The number of hydrogen-bond acceptors (Lipinski definition) is 4. The van der Waals surface area contributed by atoms with Crippen molar-refractivity contribution < 1.29 is 4.79 Å². The van der Waals surface area contributed by atoms with Crippen LogP contribution in [0.25, 0.3) is 33.4 Å². The second-order valence-electron chi connectivity index (χ2n) is 7.48. The molecule has 4 rings (SSSR count). The average Bonchev–Trinajstić information content (AvgIpc) is 3.12. The summed E-state index contributed by atoms with van der Waals surface area (Å²) in [7, 11) is 0. The van der Waals surface area contributed by atoms with Gasteiger partial charge in [-0.05, 0) is 29.8 Å².